The standard InChI is InChI=1S/C27H33N3O8/c1-10(2)20(31)13-9-15(29(3)4)12-7-11-8-14-19(30(5)6)23(34)18(26(28)37)25(36)27(14,38)24(35)16(11)22(33)17(12)21(13)32/h9-11,14,19,32,34-35,38H,7-8H2,1-6H3,(H2,28,37)/t11-,14-,19-,27-/m0/s1. The van der Waals surface area contributed by atoms with Gasteiger partial charge in [-0.15, -0.1) is 0 Å². The molecule has 0 fully saturated rings. The Morgan fingerprint density at radius 2 is 1.71 bits per heavy atom. The molecule has 0 aliphatic heterocycles. The molecule has 0 spiro atoms. The van der Waals surface area contributed by atoms with Crippen molar-refractivity contribution in [2.45, 2.75) is 38.3 Å². The van der Waals surface area contributed by atoms with E-state index in [1.807, 2.05) is 0 Å². The predicted octanol–water partition coefficient (Wildman–Crippen LogP) is 1.03. The fraction of sp³-hybridized carbons (Fsp3) is 0.481. The molecule has 11 heteroatoms. The van der Waals surface area contributed by atoms with Crippen LogP contribution in [0.25, 0.3) is 0 Å². The van der Waals surface area contributed by atoms with E-state index >= 15 is 0 Å². The SMILES string of the molecule is CC(C)C(=O)c1cc(N(C)C)c2c(c1O)C(=O)C1=C(O)[C@]3(O)C(=O)C(C(N)=O)=C(O)[C@@H](N(C)C)[C@@H]3C[C@@H]1C2. The number of ketones is 3. The minimum absolute atomic E-state index is 0.00787. The largest absolute Gasteiger partial charge is 0.510 e. The van der Waals surface area contributed by atoms with E-state index in [2.05, 4.69) is 0 Å². The Bertz CT molecular complexity index is 1360. The molecule has 4 atom stereocenters. The molecule has 3 aliphatic carbocycles. The molecule has 11 nitrogen and oxygen atoms in total. The third-order valence-corrected chi connectivity index (χ3v) is 7.97. The summed E-state index contributed by atoms with van der Waals surface area (Å²) in [5.74, 6) is -8.14. The van der Waals surface area contributed by atoms with Crippen molar-refractivity contribution in [3.63, 3.8) is 0 Å². The Hall–Kier alpha value is -3.70. The minimum Gasteiger partial charge on any atom is -0.510 e. The van der Waals surface area contributed by atoms with E-state index in [-0.39, 0.29) is 35.3 Å². The molecule has 1 amide bonds. The van der Waals surface area contributed by atoms with Crippen molar-refractivity contribution in [2.75, 3.05) is 33.1 Å². The Labute approximate surface area is 219 Å². The maximum absolute atomic E-state index is 13.9. The van der Waals surface area contributed by atoms with Gasteiger partial charge in [0.2, 0.25) is 5.78 Å². The number of carbonyl (C=O) groups is 4. The zero-order valence-corrected chi connectivity index (χ0v) is 22.2. The summed E-state index contributed by atoms with van der Waals surface area (Å²) >= 11 is 0. The molecule has 3 aliphatic rings. The highest BCUT2D eigenvalue weighted by atomic mass is 16.3. The summed E-state index contributed by atoms with van der Waals surface area (Å²) in [4.78, 5) is 55.5. The molecule has 0 bridgehead atoms. The average Bonchev–Trinajstić information content (AvgIpc) is 2.80. The molecular weight excluding hydrogens is 494 g/mol. The summed E-state index contributed by atoms with van der Waals surface area (Å²) in [6, 6.07) is 0.478. The van der Waals surface area contributed by atoms with Gasteiger partial charge in [0.05, 0.1) is 17.2 Å². The lowest BCUT2D eigenvalue weighted by Gasteiger charge is -2.50. The molecule has 1 aromatic rings. The van der Waals surface area contributed by atoms with Crippen LogP contribution < -0.4 is 10.6 Å². The zero-order chi connectivity index (χ0) is 28.6. The number of phenols is 1. The molecule has 204 valence electrons. The van der Waals surface area contributed by atoms with E-state index in [0.29, 0.717) is 11.3 Å². The first-order chi connectivity index (χ1) is 17.6. The highest BCUT2D eigenvalue weighted by Crippen LogP contribution is 2.53. The smallest absolute Gasteiger partial charge is 0.255 e. The molecule has 0 saturated carbocycles. The molecule has 0 aromatic heterocycles. The highest BCUT2D eigenvalue weighted by Gasteiger charge is 2.63. The Morgan fingerprint density at radius 3 is 2.21 bits per heavy atom. The van der Waals surface area contributed by atoms with Crippen LogP contribution in [-0.2, 0) is 16.0 Å². The number of nitrogens with zero attached hydrogens (tertiary/aromatic N) is 2. The summed E-state index contributed by atoms with van der Waals surface area (Å²) in [5, 5.41) is 45.1. The minimum atomic E-state index is -2.71. The highest BCUT2D eigenvalue weighted by molar-refractivity contribution is 6.25. The molecule has 0 unspecified atom stereocenters. The van der Waals surface area contributed by atoms with E-state index in [9.17, 15) is 39.6 Å². The number of primary amides is 1. The summed E-state index contributed by atoms with van der Waals surface area (Å²) in [5.41, 5.74) is 2.29. The first-order valence-electron chi connectivity index (χ1n) is 12.3. The Morgan fingerprint density at radius 1 is 1.11 bits per heavy atom. The van der Waals surface area contributed by atoms with Crippen LogP contribution in [0.5, 0.6) is 5.75 Å². The van der Waals surface area contributed by atoms with Crippen LogP contribution in [-0.4, -0.2) is 88.4 Å². The number of fused-ring (bicyclic) bond motifs is 3. The van der Waals surface area contributed by atoms with Crippen molar-refractivity contribution in [3.05, 3.63) is 45.4 Å². The quantitative estimate of drug-likeness (QED) is 0.274. The van der Waals surface area contributed by atoms with Gasteiger partial charge in [-0.3, -0.25) is 24.1 Å². The number of carbonyl (C=O) groups excluding carboxylic acids is 4. The van der Waals surface area contributed by atoms with Gasteiger partial charge in [-0.05, 0) is 44.5 Å². The third kappa shape index (κ3) is 3.56. The number of aliphatic hydroxyl groups is 3. The van der Waals surface area contributed by atoms with Gasteiger partial charge < -0.3 is 31.1 Å². The topological polar surface area (TPSA) is 182 Å². The lowest BCUT2D eigenvalue weighted by Crippen LogP contribution is -2.63. The molecule has 1 aromatic carbocycles. The normalized spacial score (nSPS) is 26.9. The van der Waals surface area contributed by atoms with Gasteiger partial charge in [0.15, 0.2) is 17.2 Å². The summed E-state index contributed by atoms with van der Waals surface area (Å²) in [6.07, 6.45) is 0.137. The van der Waals surface area contributed by atoms with Crippen molar-refractivity contribution in [2.24, 2.45) is 23.5 Å². The molecule has 6 N–H and O–H groups in total. The number of Topliss-reactive ketones (excluding diaryl/α,β-unsaturated/α-hetero) is 3. The number of amides is 1. The van der Waals surface area contributed by atoms with E-state index < -0.39 is 69.7 Å². The van der Waals surface area contributed by atoms with Crippen molar-refractivity contribution >= 4 is 28.9 Å². The van der Waals surface area contributed by atoms with E-state index in [1.54, 1.807) is 46.9 Å². The fourth-order valence-corrected chi connectivity index (χ4v) is 6.20. The summed E-state index contributed by atoms with van der Waals surface area (Å²) in [7, 11) is 6.62. The Balaban J connectivity index is 2.00. The number of hydrogen-bond donors (Lipinski definition) is 5. The van der Waals surface area contributed by atoms with Gasteiger partial charge in [-0.25, -0.2) is 0 Å². The number of anilines is 1. The van der Waals surface area contributed by atoms with E-state index in [1.165, 1.54) is 11.0 Å². The van der Waals surface area contributed by atoms with E-state index in [4.69, 9.17) is 5.73 Å². The van der Waals surface area contributed by atoms with Crippen LogP contribution in [0, 0.1) is 17.8 Å². The average molecular weight is 528 g/mol. The number of aliphatic hydroxyl groups excluding tert-OH is 2. The van der Waals surface area contributed by atoms with Gasteiger partial charge in [-0.1, -0.05) is 13.8 Å². The zero-order valence-electron chi connectivity index (χ0n) is 22.2. The molecule has 0 saturated heterocycles. The van der Waals surface area contributed by atoms with Crippen LogP contribution in [0.2, 0.25) is 0 Å². The van der Waals surface area contributed by atoms with Crippen LogP contribution in [0.1, 0.15) is 46.5 Å². The van der Waals surface area contributed by atoms with Crippen molar-refractivity contribution in [1.82, 2.24) is 4.90 Å². The molecule has 0 radical (unpaired) electrons. The monoisotopic (exact) mass is 527 g/mol. The molecule has 0 heterocycles. The number of nitrogens with two attached hydrogens (primary N) is 1. The lowest BCUT2D eigenvalue weighted by atomic mass is 9.58. The van der Waals surface area contributed by atoms with Gasteiger partial charge in [0.25, 0.3) is 5.91 Å². The number of rotatable bonds is 5. The summed E-state index contributed by atoms with van der Waals surface area (Å²) in [6.45, 7) is 3.32. The lowest BCUT2D eigenvalue weighted by molar-refractivity contribution is -0.148. The number of likely N-dealkylation sites (N-methyl/N-ethyl adjacent to an activating group) is 1. The number of hydrogen-bond acceptors (Lipinski definition) is 10. The van der Waals surface area contributed by atoms with Gasteiger partial charge in [0.1, 0.15) is 22.8 Å². The third-order valence-electron chi connectivity index (χ3n) is 7.97. The van der Waals surface area contributed by atoms with Crippen LogP contribution in [0.3, 0.4) is 0 Å². The maximum atomic E-state index is 13.9. The number of benzene rings is 1. The van der Waals surface area contributed by atoms with Crippen LogP contribution in [0.4, 0.5) is 5.69 Å². The number of allylic oxidation sites excluding steroid dienone is 1. The maximum Gasteiger partial charge on any atom is 0.255 e. The van der Waals surface area contributed by atoms with Crippen LogP contribution in [0.15, 0.2) is 28.7 Å². The number of phenolic OH excluding ortho intramolecular Hbond substituents is 1. The van der Waals surface area contributed by atoms with Crippen molar-refractivity contribution in [1.29, 1.82) is 0 Å². The van der Waals surface area contributed by atoms with Gasteiger partial charge in [0, 0.05) is 37.2 Å². The number of aromatic hydroxyl groups is 1. The first kappa shape index (κ1) is 27.3. The molecular formula is C27H33N3O8. The van der Waals surface area contributed by atoms with Gasteiger partial charge in [-0.2, -0.15) is 0 Å². The van der Waals surface area contributed by atoms with E-state index in [0.717, 1.165) is 0 Å². The Kier molecular flexibility index (Phi) is 6.44. The van der Waals surface area contributed by atoms with Crippen LogP contribution >= 0.6 is 0 Å². The molecule has 4 rings (SSSR count). The second kappa shape index (κ2) is 8.95. The van der Waals surface area contributed by atoms with Crippen molar-refractivity contribution in [3.8, 4) is 5.75 Å². The van der Waals surface area contributed by atoms with Gasteiger partial charge >= 0.3 is 0 Å². The summed E-state index contributed by atoms with van der Waals surface area (Å²) < 4.78 is 0. The second-order valence-electron chi connectivity index (χ2n) is 11.0. The molecule has 38 heavy (non-hydrogen) atoms. The first-order valence-corrected chi connectivity index (χ1v) is 12.3. The predicted molar refractivity (Wildman–Crippen MR) is 137 cm³/mol. The van der Waals surface area contributed by atoms with Crippen molar-refractivity contribution < 1.29 is 39.6 Å². The fourth-order valence-electron chi connectivity index (χ4n) is 6.20. The second-order valence-corrected chi connectivity index (χ2v) is 11.0.